The largest absolute Gasteiger partial charge is 0.325 e. The summed E-state index contributed by atoms with van der Waals surface area (Å²) in [6.07, 6.45) is 1.57. The monoisotopic (exact) mass is 597 g/mol. The summed E-state index contributed by atoms with van der Waals surface area (Å²) >= 11 is 7.54. The maximum atomic E-state index is 13.3. The molecule has 4 rings (SSSR count). The van der Waals surface area contributed by atoms with Crippen molar-refractivity contribution in [3.8, 4) is 0 Å². The highest BCUT2D eigenvalue weighted by Gasteiger charge is 2.17. The standard InChI is InChI=1S/C34H32ClN3O3S/c1-22(2)25-12-14-28(15-13-25)36-32(39)23(3)42-30-18-16-29(17-19-30)37-34(41)31(21-24-8-7-11-27(35)20-24)38-33(40)26-9-5-4-6-10-26/h4-23H,1-3H3,(H,36,39)(H,37,41)(H,38,40)/b31-21-. The summed E-state index contributed by atoms with van der Waals surface area (Å²) < 4.78 is 0. The molecule has 1 atom stereocenters. The van der Waals surface area contributed by atoms with Gasteiger partial charge in [-0.2, -0.15) is 0 Å². The molecule has 3 amide bonds. The van der Waals surface area contributed by atoms with Crippen LogP contribution in [0.25, 0.3) is 6.08 Å². The minimum atomic E-state index is -0.490. The fraction of sp³-hybridized carbons (Fsp3) is 0.147. The molecule has 0 fully saturated rings. The second-order valence-electron chi connectivity index (χ2n) is 9.94. The minimum Gasteiger partial charge on any atom is -0.325 e. The summed E-state index contributed by atoms with van der Waals surface area (Å²) in [6.45, 7) is 6.10. The third kappa shape index (κ3) is 8.83. The van der Waals surface area contributed by atoms with Crippen molar-refractivity contribution < 1.29 is 14.4 Å². The Bertz CT molecular complexity index is 1570. The fourth-order valence-corrected chi connectivity index (χ4v) is 5.04. The lowest BCUT2D eigenvalue weighted by molar-refractivity contribution is -0.115. The Morgan fingerprint density at radius 3 is 2.05 bits per heavy atom. The van der Waals surface area contributed by atoms with E-state index in [2.05, 4.69) is 29.8 Å². The lowest BCUT2D eigenvalue weighted by Crippen LogP contribution is -2.30. The van der Waals surface area contributed by atoms with E-state index in [0.29, 0.717) is 27.8 Å². The summed E-state index contributed by atoms with van der Waals surface area (Å²) in [4.78, 5) is 39.7. The first-order chi connectivity index (χ1) is 20.2. The quantitative estimate of drug-likeness (QED) is 0.128. The van der Waals surface area contributed by atoms with Crippen molar-refractivity contribution in [3.05, 3.63) is 131 Å². The number of benzene rings is 4. The van der Waals surface area contributed by atoms with Crippen molar-refractivity contribution in [2.24, 2.45) is 0 Å². The van der Waals surface area contributed by atoms with E-state index in [1.54, 1.807) is 66.7 Å². The first-order valence-electron chi connectivity index (χ1n) is 13.5. The highest BCUT2D eigenvalue weighted by atomic mass is 35.5. The highest BCUT2D eigenvalue weighted by Crippen LogP contribution is 2.26. The van der Waals surface area contributed by atoms with Crippen molar-refractivity contribution in [2.75, 3.05) is 10.6 Å². The molecule has 0 aliphatic rings. The number of amides is 3. The van der Waals surface area contributed by atoms with Crippen LogP contribution < -0.4 is 16.0 Å². The van der Waals surface area contributed by atoms with Gasteiger partial charge < -0.3 is 16.0 Å². The topological polar surface area (TPSA) is 87.3 Å². The Balaban J connectivity index is 1.40. The van der Waals surface area contributed by atoms with Gasteiger partial charge in [-0.25, -0.2) is 0 Å². The van der Waals surface area contributed by atoms with Gasteiger partial charge in [-0.05, 0) is 90.7 Å². The summed E-state index contributed by atoms with van der Waals surface area (Å²) in [5.74, 6) is -0.569. The van der Waals surface area contributed by atoms with Gasteiger partial charge in [0.1, 0.15) is 5.70 Å². The van der Waals surface area contributed by atoms with E-state index in [1.165, 1.54) is 17.3 Å². The van der Waals surface area contributed by atoms with Gasteiger partial charge in [0.2, 0.25) is 5.91 Å². The van der Waals surface area contributed by atoms with Gasteiger partial charge in [-0.1, -0.05) is 67.9 Å². The van der Waals surface area contributed by atoms with Gasteiger partial charge in [-0.15, -0.1) is 11.8 Å². The molecule has 0 radical (unpaired) electrons. The van der Waals surface area contributed by atoms with Gasteiger partial charge in [0.25, 0.3) is 11.8 Å². The molecule has 4 aromatic rings. The fourth-order valence-electron chi connectivity index (χ4n) is 3.97. The first kappa shape index (κ1) is 30.6. The van der Waals surface area contributed by atoms with Gasteiger partial charge in [0, 0.05) is 26.9 Å². The van der Waals surface area contributed by atoms with E-state index < -0.39 is 11.8 Å². The molecule has 0 aromatic heterocycles. The van der Waals surface area contributed by atoms with E-state index >= 15 is 0 Å². The molecule has 1 unspecified atom stereocenters. The van der Waals surface area contributed by atoms with E-state index in [9.17, 15) is 14.4 Å². The number of hydrogen-bond donors (Lipinski definition) is 3. The number of halogens is 1. The van der Waals surface area contributed by atoms with Crippen LogP contribution in [-0.4, -0.2) is 23.0 Å². The van der Waals surface area contributed by atoms with Gasteiger partial charge >= 0.3 is 0 Å². The SMILES string of the molecule is CC(Sc1ccc(NC(=O)/C(=C/c2cccc(Cl)c2)NC(=O)c2ccccc2)cc1)C(=O)Nc1ccc(C(C)C)cc1. The number of anilines is 2. The molecule has 214 valence electrons. The number of nitrogens with one attached hydrogen (secondary N) is 3. The molecule has 0 aliphatic heterocycles. The van der Waals surface area contributed by atoms with Crippen molar-refractivity contribution in [1.29, 1.82) is 0 Å². The third-order valence-electron chi connectivity index (χ3n) is 6.33. The normalized spacial score (nSPS) is 12.0. The molecule has 4 aromatic carbocycles. The lowest BCUT2D eigenvalue weighted by atomic mass is 10.0. The molecule has 6 nitrogen and oxygen atoms in total. The van der Waals surface area contributed by atoms with Gasteiger partial charge in [-0.3, -0.25) is 14.4 Å². The van der Waals surface area contributed by atoms with Crippen LogP contribution in [-0.2, 0) is 9.59 Å². The zero-order chi connectivity index (χ0) is 30.1. The van der Waals surface area contributed by atoms with Crippen LogP contribution >= 0.6 is 23.4 Å². The van der Waals surface area contributed by atoms with E-state index in [4.69, 9.17) is 11.6 Å². The van der Waals surface area contributed by atoms with Gasteiger partial charge in [0.15, 0.2) is 0 Å². The third-order valence-corrected chi connectivity index (χ3v) is 7.67. The number of rotatable bonds is 10. The molecule has 42 heavy (non-hydrogen) atoms. The van der Waals surface area contributed by atoms with E-state index in [0.717, 1.165) is 10.6 Å². The van der Waals surface area contributed by atoms with Gasteiger partial charge in [0.05, 0.1) is 5.25 Å². The zero-order valence-electron chi connectivity index (χ0n) is 23.6. The number of carbonyl (C=O) groups excluding carboxylic acids is 3. The zero-order valence-corrected chi connectivity index (χ0v) is 25.1. The van der Waals surface area contributed by atoms with Crippen molar-refractivity contribution in [3.63, 3.8) is 0 Å². The van der Waals surface area contributed by atoms with Crippen molar-refractivity contribution in [2.45, 2.75) is 36.8 Å². The molecule has 0 aliphatic carbocycles. The molecule has 3 N–H and O–H groups in total. The van der Waals surface area contributed by atoms with E-state index in [1.807, 2.05) is 49.4 Å². The second kappa shape index (κ2) is 14.5. The van der Waals surface area contributed by atoms with Crippen LogP contribution in [0.4, 0.5) is 11.4 Å². The Labute approximate surface area is 255 Å². The molecular weight excluding hydrogens is 566 g/mol. The van der Waals surface area contributed by atoms with Crippen molar-refractivity contribution in [1.82, 2.24) is 5.32 Å². The van der Waals surface area contributed by atoms with Crippen LogP contribution in [0.5, 0.6) is 0 Å². The average Bonchev–Trinajstić information content (AvgIpc) is 2.98. The van der Waals surface area contributed by atoms with Crippen LogP contribution in [0.1, 0.15) is 48.2 Å². The predicted octanol–water partition coefficient (Wildman–Crippen LogP) is 7.99. The Morgan fingerprint density at radius 1 is 0.762 bits per heavy atom. The highest BCUT2D eigenvalue weighted by molar-refractivity contribution is 8.00. The van der Waals surface area contributed by atoms with E-state index in [-0.39, 0.29) is 16.9 Å². The molecular formula is C34H32ClN3O3S. The molecule has 0 heterocycles. The molecule has 0 bridgehead atoms. The van der Waals surface area contributed by atoms with Crippen molar-refractivity contribution >= 4 is 58.5 Å². The van der Waals surface area contributed by atoms with Crippen LogP contribution in [0.2, 0.25) is 5.02 Å². The summed E-state index contributed by atoms with van der Waals surface area (Å²) in [5.41, 5.74) is 3.67. The maximum absolute atomic E-state index is 13.3. The Hall–Kier alpha value is -4.33. The first-order valence-corrected chi connectivity index (χ1v) is 14.8. The van der Waals surface area contributed by atoms with Crippen LogP contribution in [0.3, 0.4) is 0 Å². The molecule has 8 heteroatoms. The molecule has 0 spiro atoms. The molecule has 0 saturated carbocycles. The molecule has 0 saturated heterocycles. The second-order valence-corrected chi connectivity index (χ2v) is 11.8. The maximum Gasteiger partial charge on any atom is 0.272 e. The van der Waals surface area contributed by atoms with Crippen LogP contribution in [0.15, 0.2) is 114 Å². The smallest absolute Gasteiger partial charge is 0.272 e. The van der Waals surface area contributed by atoms with Crippen LogP contribution in [0, 0.1) is 0 Å². The summed E-state index contributed by atoms with van der Waals surface area (Å²) in [6, 6.07) is 30.7. The number of carbonyl (C=O) groups is 3. The average molecular weight is 598 g/mol. The summed E-state index contributed by atoms with van der Waals surface area (Å²) in [7, 11) is 0. The Kier molecular flexibility index (Phi) is 10.6. The summed E-state index contributed by atoms with van der Waals surface area (Å²) in [5, 5.41) is 8.69. The minimum absolute atomic E-state index is 0.0660. The Morgan fingerprint density at radius 2 is 1.40 bits per heavy atom. The predicted molar refractivity (Wildman–Crippen MR) is 173 cm³/mol. The number of hydrogen-bond acceptors (Lipinski definition) is 4. The lowest BCUT2D eigenvalue weighted by Gasteiger charge is -2.14. The number of thioether (sulfide) groups is 1.